The normalized spacial score (nSPS) is 10.4. The molecule has 0 bridgehead atoms. The van der Waals surface area contributed by atoms with Crippen molar-refractivity contribution < 1.29 is 9.18 Å². The number of halogens is 3. The summed E-state index contributed by atoms with van der Waals surface area (Å²) in [6.07, 6.45) is -0.0198. The molecular formula is C14H9Cl2FO. The Kier molecular flexibility index (Phi) is 4.00. The van der Waals surface area contributed by atoms with Crippen LogP contribution in [-0.4, -0.2) is 5.78 Å². The highest BCUT2D eigenvalue weighted by Crippen LogP contribution is 2.22. The molecule has 0 aliphatic heterocycles. The summed E-state index contributed by atoms with van der Waals surface area (Å²) in [5.41, 5.74) is 0.706. The van der Waals surface area contributed by atoms with E-state index >= 15 is 0 Å². The van der Waals surface area contributed by atoms with E-state index < -0.39 is 5.82 Å². The summed E-state index contributed by atoms with van der Waals surface area (Å²) in [5.74, 6) is -0.627. The number of hydrogen-bond donors (Lipinski definition) is 0. The molecule has 0 aromatic heterocycles. The molecule has 0 unspecified atom stereocenters. The number of Topliss-reactive ketones (excluding diaryl/α,β-unsaturated/α-hetero) is 1. The van der Waals surface area contributed by atoms with Gasteiger partial charge in [-0.25, -0.2) is 4.39 Å². The molecule has 0 saturated heterocycles. The van der Waals surface area contributed by atoms with E-state index in [0.29, 0.717) is 16.1 Å². The lowest BCUT2D eigenvalue weighted by Gasteiger charge is -2.05. The SMILES string of the molecule is O=C(Cc1ccccc1F)c1ccc(Cl)cc1Cl. The molecule has 0 aliphatic carbocycles. The lowest BCUT2D eigenvalue weighted by atomic mass is 10.0. The van der Waals surface area contributed by atoms with E-state index in [0.717, 1.165) is 0 Å². The molecule has 0 heterocycles. The van der Waals surface area contributed by atoms with E-state index in [-0.39, 0.29) is 17.2 Å². The zero-order chi connectivity index (χ0) is 13.1. The summed E-state index contributed by atoms with van der Waals surface area (Å²) in [6.45, 7) is 0. The van der Waals surface area contributed by atoms with Gasteiger partial charge in [-0.3, -0.25) is 4.79 Å². The lowest BCUT2D eigenvalue weighted by molar-refractivity contribution is 0.0992. The zero-order valence-electron chi connectivity index (χ0n) is 9.29. The summed E-state index contributed by atoms with van der Waals surface area (Å²) >= 11 is 11.7. The third kappa shape index (κ3) is 2.89. The van der Waals surface area contributed by atoms with E-state index in [2.05, 4.69) is 0 Å². The Morgan fingerprint density at radius 1 is 1.11 bits per heavy atom. The van der Waals surface area contributed by atoms with Crippen molar-refractivity contribution in [2.75, 3.05) is 0 Å². The first kappa shape index (κ1) is 13.1. The van der Waals surface area contributed by atoms with Crippen molar-refractivity contribution >= 4 is 29.0 Å². The predicted molar refractivity (Wildman–Crippen MR) is 70.9 cm³/mol. The van der Waals surface area contributed by atoms with Crippen molar-refractivity contribution in [1.29, 1.82) is 0 Å². The number of benzene rings is 2. The topological polar surface area (TPSA) is 17.1 Å². The Labute approximate surface area is 114 Å². The quantitative estimate of drug-likeness (QED) is 0.755. The van der Waals surface area contributed by atoms with Gasteiger partial charge in [0.2, 0.25) is 0 Å². The summed E-state index contributed by atoms with van der Waals surface area (Å²) in [5, 5.41) is 0.742. The minimum Gasteiger partial charge on any atom is -0.294 e. The fraction of sp³-hybridized carbons (Fsp3) is 0.0714. The van der Waals surface area contributed by atoms with Gasteiger partial charge >= 0.3 is 0 Å². The van der Waals surface area contributed by atoms with Crippen LogP contribution < -0.4 is 0 Å². The van der Waals surface area contributed by atoms with Crippen molar-refractivity contribution in [2.45, 2.75) is 6.42 Å². The molecule has 2 rings (SSSR count). The van der Waals surface area contributed by atoms with Crippen LogP contribution in [0.5, 0.6) is 0 Å². The molecule has 2 aromatic carbocycles. The van der Waals surface area contributed by atoms with Crippen LogP contribution in [0.4, 0.5) is 4.39 Å². The third-order valence-corrected chi connectivity index (χ3v) is 3.09. The van der Waals surface area contributed by atoms with Crippen molar-refractivity contribution in [2.24, 2.45) is 0 Å². The van der Waals surface area contributed by atoms with Gasteiger partial charge in [0.15, 0.2) is 5.78 Å². The molecule has 0 amide bonds. The Morgan fingerprint density at radius 3 is 2.50 bits per heavy atom. The molecule has 0 saturated carbocycles. The maximum atomic E-state index is 13.4. The molecular weight excluding hydrogens is 274 g/mol. The standard InChI is InChI=1S/C14H9Cl2FO/c15-10-5-6-11(12(16)8-10)14(18)7-9-3-1-2-4-13(9)17/h1-6,8H,7H2. The second-order valence-corrected chi connectivity index (χ2v) is 4.66. The summed E-state index contributed by atoms with van der Waals surface area (Å²) in [7, 11) is 0. The number of carbonyl (C=O) groups excluding carboxylic acids is 1. The average molecular weight is 283 g/mol. The molecule has 92 valence electrons. The highest BCUT2D eigenvalue weighted by molar-refractivity contribution is 6.36. The van der Waals surface area contributed by atoms with E-state index in [1.54, 1.807) is 30.3 Å². The van der Waals surface area contributed by atoms with Crippen molar-refractivity contribution in [3.8, 4) is 0 Å². The second kappa shape index (κ2) is 5.51. The van der Waals surface area contributed by atoms with E-state index in [9.17, 15) is 9.18 Å². The third-order valence-electron chi connectivity index (χ3n) is 2.54. The molecule has 1 nitrogen and oxygen atoms in total. The molecule has 0 aliphatic rings. The fourth-order valence-corrected chi connectivity index (χ4v) is 2.14. The predicted octanol–water partition coefficient (Wildman–Crippen LogP) is 4.56. The number of ketones is 1. The molecule has 2 aromatic rings. The highest BCUT2D eigenvalue weighted by atomic mass is 35.5. The monoisotopic (exact) mass is 282 g/mol. The molecule has 4 heteroatoms. The van der Waals surface area contributed by atoms with Gasteiger partial charge in [-0.1, -0.05) is 41.4 Å². The van der Waals surface area contributed by atoms with Crippen LogP contribution >= 0.6 is 23.2 Å². The molecule has 18 heavy (non-hydrogen) atoms. The van der Waals surface area contributed by atoms with Gasteiger partial charge in [-0.05, 0) is 29.8 Å². The Bertz CT molecular complexity index is 596. The van der Waals surface area contributed by atoms with Crippen LogP contribution in [0.25, 0.3) is 0 Å². The number of rotatable bonds is 3. The minimum absolute atomic E-state index is 0.0198. The lowest BCUT2D eigenvalue weighted by Crippen LogP contribution is -2.05. The summed E-state index contributed by atoms with van der Waals surface area (Å²) in [6, 6.07) is 10.8. The maximum Gasteiger partial charge on any atom is 0.168 e. The van der Waals surface area contributed by atoms with Gasteiger partial charge in [0.1, 0.15) is 5.82 Å². The van der Waals surface area contributed by atoms with Gasteiger partial charge in [-0.2, -0.15) is 0 Å². The molecule has 0 atom stereocenters. The average Bonchev–Trinajstić information content (AvgIpc) is 2.32. The smallest absolute Gasteiger partial charge is 0.168 e. The van der Waals surface area contributed by atoms with Gasteiger partial charge in [0.05, 0.1) is 5.02 Å². The number of carbonyl (C=O) groups is 1. The summed E-state index contributed by atoms with van der Waals surface area (Å²) in [4.78, 5) is 12.0. The first-order chi connectivity index (χ1) is 8.58. The first-order valence-corrected chi connectivity index (χ1v) is 6.05. The van der Waals surface area contributed by atoms with E-state index in [4.69, 9.17) is 23.2 Å². The van der Waals surface area contributed by atoms with Gasteiger partial charge in [0, 0.05) is 17.0 Å². The Balaban J connectivity index is 2.25. The maximum absolute atomic E-state index is 13.4. The molecule has 0 fully saturated rings. The van der Waals surface area contributed by atoms with Crippen LogP contribution in [0.1, 0.15) is 15.9 Å². The van der Waals surface area contributed by atoms with E-state index in [1.807, 2.05) is 0 Å². The number of hydrogen-bond acceptors (Lipinski definition) is 1. The van der Waals surface area contributed by atoms with Gasteiger partial charge < -0.3 is 0 Å². The van der Waals surface area contributed by atoms with Crippen molar-refractivity contribution in [3.05, 3.63) is 69.5 Å². The van der Waals surface area contributed by atoms with E-state index in [1.165, 1.54) is 12.1 Å². The molecule has 0 N–H and O–H groups in total. The Morgan fingerprint density at radius 2 is 1.83 bits per heavy atom. The summed E-state index contributed by atoms with van der Waals surface area (Å²) < 4.78 is 13.4. The largest absolute Gasteiger partial charge is 0.294 e. The van der Waals surface area contributed by atoms with Crippen LogP contribution in [0, 0.1) is 5.82 Å². The highest BCUT2D eigenvalue weighted by Gasteiger charge is 2.13. The van der Waals surface area contributed by atoms with Crippen LogP contribution in [0.3, 0.4) is 0 Å². The minimum atomic E-state index is -0.393. The molecule has 0 spiro atoms. The van der Waals surface area contributed by atoms with Gasteiger partial charge in [0.25, 0.3) is 0 Å². The van der Waals surface area contributed by atoms with Gasteiger partial charge in [-0.15, -0.1) is 0 Å². The zero-order valence-corrected chi connectivity index (χ0v) is 10.8. The van der Waals surface area contributed by atoms with Crippen LogP contribution in [-0.2, 0) is 6.42 Å². The fourth-order valence-electron chi connectivity index (χ4n) is 1.63. The first-order valence-electron chi connectivity index (χ1n) is 5.29. The molecule has 0 radical (unpaired) electrons. The van der Waals surface area contributed by atoms with Crippen molar-refractivity contribution in [3.63, 3.8) is 0 Å². The van der Waals surface area contributed by atoms with Crippen LogP contribution in [0.2, 0.25) is 10.0 Å². The Hall–Kier alpha value is -1.38. The van der Waals surface area contributed by atoms with Crippen LogP contribution in [0.15, 0.2) is 42.5 Å². The second-order valence-electron chi connectivity index (χ2n) is 3.82. The van der Waals surface area contributed by atoms with Crippen molar-refractivity contribution in [1.82, 2.24) is 0 Å².